The monoisotopic (exact) mass is 314 g/mol. The van der Waals surface area contributed by atoms with Gasteiger partial charge in [0.25, 0.3) is 0 Å². The number of hydrogen-bond donors (Lipinski definition) is 1. The number of para-hydroxylation sites is 1. The van der Waals surface area contributed by atoms with E-state index >= 15 is 0 Å². The molecule has 0 amide bonds. The highest BCUT2D eigenvalue weighted by Crippen LogP contribution is 2.31. The third-order valence-electron chi connectivity index (χ3n) is 4.87. The van der Waals surface area contributed by atoms with Crippen LogP contribution in [0.4, 0.5) is 5.69 Å². The van der Waals surface area contributed by atoms with Crippen molar-refractivity contribution in [1.29, 1.82) is 0 Å². The average Bonchev–Trinajstić information content (AvgIpc) is 3.17. The summed E-state index contributed by atoms with van der Waals surface area (Å²) in [6.07, 6.45) is 2.46. The quantitative estimate of drug-likeness (QED) is 0.919. The molecule has 22 heavy (non-hydrogen) atoms. The Kier molecular flexibility index (Phi) is 4.70. The maximum atomic E-state index is 3.56. The van der Waals surface area contributed by atoms with Crippen LogP contribution in [-0.4, -0.2) is 24.5 Å². The highest BCUT2D eigenvalue weighted by atomic mass is 35.5. The molecule has 1 unspecified atom stereocenters. The summed E-state index contributed by atoms with van der Waals surface area (Å²) in [6.45, 7) is 4.58. The minimum atomic E-state index is 0. The third-order valence-corrected chi connectivity index (χ3v) is 4.87. The molecule has 2 aromatic rings. The Morgan fingerprint density at radius 2 is 1.91 bits per heavy atom. The Hall–Kier alpha value is -1.51. The predicted octanol–water partition coefficient (Wildman–Crippen LogP) is 4.07. The van der Waals surface area contributed by atoms with Crippen molar-refractivity contribution in [2.24, 2.45) is 0 Å². The number of hydrogen-bond acceptors (Lipinski definition) is 2. The van der Waals surface area contributed by atoms with E-state index in [0.29, 0.717) is 5.92 Å². The fourth-order valence-corrected chi connectivity index (χ4v) is 3.76. The smallest absolute Gasteiger partial charge is 0.0419 e. The predicted molar refractivity (Wildman–Crippen MR) is 95.0 cm³/mol. The van der Waals surface area contributed by atoms with Gasteiger partial charge in [0, 0.05) is 25.3 Å². The Balaban J connectivity index is 0.00000144. The van der Waals surface area contributed by atoms with Crippen LogP contribution in [-0.2, 0) is 13.0 Å². The van der Waals surface area contributed by atoms with Crippen molar-refractivity contribution in [3.05, 3.63) is 65.2 Å². The first-order chi connectivity index (χ1) is 10.4. The van der Waals surface area contributed by atoms with Gasteiger partial charge >= 0.3 is 0 Å². The van der Waals surface area contributed by atoms with Crippen LogP contribution in [0.2, 0.25) is 0 Å². The number of anilines is 1. The molecule has 2 aromatic carbocycles. The number of nitrogens with one attached hydrogen (secondary N) is 1. The third kappa shape index (κ3) is 2.99. The van der Waals surface area contributed by atoms with Gasteiger partial charge in [-0.2, -0.15) is 0 Å². The fourth-order valence-electron chi connectivity index (χ4n) is 3.76. The maximum Gasteiger partial charge on any atom is 0.0419 e. The topological polar surface area (TPSA) is 15.3 Å². The normalized spacial score (nSPS) is 20.3. The van der Waals surface area contributed by atoms with Gasteiger partial charge in [0.15, 0.2) is 0 Å². The van der Waals surface area contributed by atoms with Gasteiger partial charge in [0.2, 0.25) is 0 Å². The molecule has 116 valence electrons. The second-order valence-corrected chi connectivity index (χ2v) is 6.26. The summed E-state index contributed by atoms with van der Waals surface area (Å²) >= 11 is 0. The number of rotatable bonds is 3. The Labute approximate surface area is 138 Å². The number of fused-ring (bicyclic) bond motifs is 1. The summed E-state index contributed by atoms with van der Waals surface area (Å²) in [6, 6.07) is 17.7. The molecule has 2 aliphatic heterocycles. The number of benzene rings is 2. The largest absolute Gasteiger partial charge is 0.384 e. The number of halogens is 1. The van der Waals surface area contributed by atoms with E-state index in [1.807, 2.05) is 0 Å². The highest BCUT2D eigenvalue weighted by Gasteiger charge is 2.25. The second kappa shape index (κ2) is 6.72. The van der Waals surface area contributed by atoms with Crippen molar-refractivity contribution in [3.8, 4) is 0 Å². The number of nitrogens with zero attached hydrogens (tertiary/aromatic N) is 1. The molecular formula is C19H23ClN2. The Bertz CT molecular complexity index is 627. The van der Waals surface area contributed by atoms with Crippen molar-refractivity contribution >= 4 is 18.1 Å². The number of likely N-dealkylation sites (tertiary alicyclic amines) is 1. The van der Waals surface area contributed by atoms with Gasteiger partial charge in [-0.25, -0.2) is 0 Å². The van der Waals surface area contributed by atoms with Gasteiger partial charge in [0.05, 0.1) is 0 Å². The van der Waals surface area contributed by atoms with E-state index in [9.17, 15) is 0 Å². The zero-order valence-corrected chi connectivity index (χ0v) is 13.6. The molecule has 2 aliphatic rings. The van der Waals surface area contributed by atoms with Gasteiger partial charge < -0.3 is 5.32 Å². The van der Waals surface area contributed by atoms with Crippen LogP contribution >= 0.6 is 12.4 Å². The fraction of sp³-hybridized carbons (Fsp3) is 0.368. The summed E-state index contributed by atoms with van der Waals surface area (Å²) in [5.74, 6) is 0.705. The van der Waals surface area contributed by atoms with E-state index in [4.69, 9.17) is 0 Å². The molecule has 1 saturated heterocycles. The van der Waals surface area contributed by atoms with Gasteiger partial charge in [-0.3, -0.25) is 4.90 Å². The lowest BCUT2D eigenvalue weighted by Crippen LogP contribution is -2.20. The highest BCUT2D eigenvalue weighted by molar-refractivity contribution is 5.85. The lowest BCUT2D eigenvalue weighted by Gasteiger charge is -2.18. The summed E-state index contributed by atoms with van der Waals surface area (Å²) < 4.78 is 0. The van der Waals surface area contributed by atoms with Gasteiger partial charge in [-0.15, -0.1) is 12.4 Å². The van der Waals surface area contributed by atoms with E-state index in [1.165, 1.54) is 48.3 Å². The van der Waals surface area contributed by atoms with E-state index < -0.39 is 0 Å². The molecule has 0 aliphatic carbocycles. The van der Waals surface area contributed by atoms with Crippen LogP contribution in [0.5, 0.6) is 0 Å². The molecule has 0 bridgehead atoms. The molecule has 1 fully saturated rings. The van der Waals surface area contributed by atoms with E-state index in [2.05, 4.69) is 58.7 Å². The average molecular weight is 315 g/mol. The van der Waals surface area contributed by atoms with Crippen molar-refractivity contribution in [2.45, 2.75) is 25.3 Å². The van der Waals surface area contributed by atoms with Crippen molar-refractivity contribution in [1.82, 2.24) is 4.90 Å². The van der Waals surface area contributed by atoms with Crippen LogP contribution in [0.1, 0.15) is 29.0 Å². The molecular weight excluding hydrogens is 292 g/mol. The lowest BCUT2D eigenvalue weighted by atomic mass is 9.99. The van der Waals surface area contributed by atoms with Gasteiger partial charge in [0.1, 0.15) is 0 Å². The van der Waals surface area contributed by atoms with Crippen LogP contribution < -0.4 is 5.32 Å². The summed E-state index contributed by atoms with van der Waals surface area (Å²) in [5, 5.41) is 3.56. The first kappa shape index (κ1) is 15.4. The second-order valence-electron chi connectivity index (χ2n) is 6.26. The standard InChI is InChI=1S/C19H22N2.ClH/c1-2-5-15(6-3-1)17-10-12-21(13-17)14-18-8-4-7-16-9-11-20-19(16)18;/h1-8,17,20H,9-14H2;1H. The molecule has 0 aromatic heterocycles. The summed E-state index contributed by atoms with van der Waals surface area (Å²) in [7, 11) is 0. The molecule has 0 radical (unpaired) electrons. The molecule has 3 heteroatoms. The Morgan fingerprint density at radius 3 is 2.77 bits per heavy atom. The first-order valence-electron chi connectivity index (χ1n) is 8.02. The molecule has 4 rings (SSSR count). The molecule has 0 saturated carbocycles. The minimum absolute atomic E-state index is 0. The van der Waals surface area contributed by atoms with Crippen LogP contribution in [0, 0.1) is 0 Å². The molecule has 1 atom stereocenters. The molecule has 0 spiro atoms. The van der Waals surface area contributed by atoms with E-state index in [0.717, 1.165) is 13.1 Å². The zero-order valence-electron chi connectivity index (χ0n) is 12.8. The van der Waals surface area contributed by atoms with E-state index in [1.54, 1.807) is 0 Å². The van der Waals surface area contributed by atoms with E-state index in [-0.39, 0.29) is 12.4 Å². The maximum absolute atomic E-state index is 3.56. The molecule has 2 heterocycles. The van der Waals surface area contributed by atoms with Gasteiger partial charge in [-0.1, -0.05) is 48.5 Å². The molecule has 1 N–H and O–H groups in total. The van der Waals surface area contributed by atoms with Crippen molar-refractivity contribution in [2.75, 3.05) is 25.0 Å². The van der Waals surface area contributed by atoms with Crippen molar-refractivity contribution in [3.63, 3.8) is 0 Å². The summed E-state index contributed by atoms with van der Waals surface area (Å²) in [4.78, 5) is 2.60. The lowest BCUT2D eigenvalue weighted by molar-refractivity contribution is 0.327. The van der Waals surface area contributed by atoms with Crippen LogP contribution in [0.3, 0.4) is 0 Å². The molecule has 2 nitrogen and oxygen atoms in total. The van der Waals surface area contributed by atoms with Crippen molar-refractivity contribution < 1.29 is 0 Å². The Morgan fingerprint density at radius 1 is 1.05 bits per heavy atom. The van der Waals surface area contributed by atoms with Crippen LogP contribution in [0.25, 0.3) is 0 Å². The minimum Gasteiger partial charge on any atom is -0.384 e. The first-order valence-corrected chi connectivity index (χ1v) is 8.02. The van der Waals surface area contributed by atoms with Gasteiger partial charge in [-0.05, 0) is 42.0 Å². The SMILES string of the molecule is Cl.c1ccc(C2CCN(Cc3cccc4c3NCC4)C2)cc1. The zero-order chi connectivity index (χ0) is 14.1. The van der Waals surface area contributed by atoms with Crippen LogP contribution in [0.15, 0.2) is 48.5 Å². The summed E-state index contributed by atoms with van der Waals surface area (Å²) in [5.41, 5.74) is 5.86.